The molecule has 5 rings (SSSR count). The van der Waals surface area contributed by atoms with Crippen molar-refractivity contribution in [2.75, 3.05) is 35.7 Å². The highest BCUT2D eigenvalue weighted by Crippen LogP contribution is 2.25. The van der Waals surface area contributed by atoms with Crippen molar-refractivity contribution in [3.63, 3.8) is 0 Å². The average molecular weight is 444 g/mol. The summed E-state index contributed by atoms with van der Waals surface area (Å²) < 4.78 is 11.6. The summed E-state index contributed by atoms with van der Waals surface area (Å²) in [5.74, 6) is 1.90. The van der Waals surface area contributed by atoms with Gasteiger partial charge in [0.1, 0.15) is 11.9 Å². The summed E-state index contributed by atoms with van der Waals surface area (Å²) in [6.45, 7) is 1.50. The highest BCUT2D eigenvalue weighted by Gasteiger charge is 2.25. The lowest BCUT2D eigenvalue weighted by Crippen LogP contribution is -2.38. The fraction of sp³-hybridized carbons (Fsp3) is 0.261. The second-order valence-electron chi connectivity index (χ2n) is 7.73. The van der Waals surface area contributed by atoms with Gasteiger partial charge in [0.05, 0.1) is 0 Å². The third kappa shape index (κ3) is 4.69. The van der Waals surface area contributed by atoms with Crippen LogP contribution >= 0.6 is 0 Å². The fourth-order valence-corrected chi connectivity index (χ4v) is 3.69. The van der Waals surface area contributed by atoms with Gasteiger partial charge in [-0.1, -0.05) is 41.6 Å². The minimum atomic E-state index is 0.0861. The summed E-state index contributed by atoms with van der Waals surface area (Å²) in [5.41, 5.74) is 6.86. The first-order chi connectivity index (χ1) is 16.2. The number of ether oxygens (including phenoxy) is 1. The van der Waals surface area contributed by atoms with Gasteiger partial charge in [-0.15, -0.1) is 0 Å². The van der Waals surface area contributed by atoms with Crippen LogP contribution in [0.15, 0.2) is 65.2 Å². The van der Waals surface area contributed by atoms with E-state index >= 15 is 0 Å². The van der Waals surface area contributed by atoms with E-state index in [0.29, 0.717) is 12.0 Å². The second-order valence-corrected chi connectivity index (χ2v) is 7.73. The molecule has 0 unspecified atom stereocenters. The van der Waals surface area contributed by atoms with E-state index in [2.05, 4.69) is 25.1 Å². The molecule has 2 aromatic carbocycles. The Bertz CT molecular complexity index is 1190. The van der Waals surface area contributed by atoms with E-state index in [0.717, 1.165) is 37.4 Å². The summed E-state index contributed by atoms with van der Waals surface area (Å²) in [6.07, 6.45) is 1.87. The number of rotatable bonds is 6. The van der Waals surface area contributed by atoms with Crippen molar-refractivity contribution >= 4 is 23.6 Å². The first-order valence-corrected chi connectivity index (χ1v) is 10.8. The predicted octanol–water partition coefficient (Wildman–Crippen LogP) is 3.32. The van der Waals surface area contributed by atoms with Crippen LogP contribution in [-0.2, 0) is 0 Å². The topological polar surface area (TPSA) is 119 Å². The van der Waals surface area contributed by atoms with Crippen LogP contribution in [0.5, 0.6) is 5.75 Å². The van der Waals surface area contributed by atoms with Crippen LogP contribution in [0.4, 0.5) is 23.6 Å². The molecule has 1 aliphatic rings. The molecule has 0 aliphatic carbocycles. The third-order valence-corrected chi connectivity index (χ3v) is 5.46. The maximum atomic E-state index is 6.06. The van der Waals surface area contributed by atoms with Gasteiger partial charge >= 0.3 is 6.01 Å². The first-order valence-electron chi connectivity index (χ1n) is 10.8. The number of anilines is 4. The number of nitrogens with zero attached hydrogens (tertiary/aromatic N) is 7. The molecule has 2 aromatic heterocycles. The Kier molecular flexibility index (Phi) is 5.71. The lowest BCUT2D eigenvalue weighted by molar-refractivity contribution is 0.168. The van der Waals surface area contributed by atoms with Gasteiger partial charge in [0.2, 0.25) is 23.5 Å². The van der Waals surface area contributed by atoms with Crippen molar-refractivity contribution in [3.8, 4) is 17.4 Å². The number of aromatic nitrogens is 5. The quantitative estimate of drug-likeness (QED) is 0.474. The molecular formula is C23H24N8O2. The zero-order valence-corrected chi connectivity index (χ0v) is 18.2. The van der Waals surface area contributed by atoms with Crippen LogP contribution in [0.2, 0.25) is 0 Å². The van der Waals surface area contributed by atoms with Crippen LogP contribution in [0.25, 0.3) is 11.6 Å². The molecule has 0 bridgehead atoms. The molecule has 168 valence electrons. The van der Waals surface area contributed by atoms with Crippen LogP contribution in [0.1, 0.15) is 12.8 Å². The van der Waals surface area contributed by atoms with E-state index in [9.17, 15) is 0 Å². The van der Waals surface area contributed by atoms with Crippen LogP contribution in [0, 0.1) is 0 Å². The van der Waals surface area contributed by atoms with Crippen molar-refractivity contribution in [2.24, 2.45) is 0 Å². The van der Waals surface area contributed by atoms with E-state index in [1.807, 2.05) is 77.5 Å². The Hall–Kier alpha value is -4.21. The minimum Gasteiger partial charge on any atom is -0.490 e. The summed E-state index contributed by atoms with van der Waals surface area (Å²) in [5, 5.41) is 4.08. The van der Waals surface area contributed by atoms with Crippen molar-refractivity contribution in [1.82, 2.24) is 25.1 Å². The summed E-state index contributed by atoms with van der Waals surface area (Å²) in [4.78, 5) is 21.3. The van der Waals surface area contributed by atoms with Crippen molar-refractivity contribution in [3.05, 3.63) is 60.7 Å². The normalized spacial score (nSPS) is 14.3. The van der Waals surface area contributed by atoms with Gasteiger partial charge < -0.3 is 24.8 Å². The summed E-state index contributed by atoms with van der Waals surface area (Å²) in [7, 11) is 1.86. The molecule has 2 N–H and O–H groups in total. The molecule has 1 saturated heterocycles. The van der Waals surface area contributed by atoms with Gasteiger partial charge in [-0.05, 0) is 24.3 Å². The smallest absolute Gasteiger partial charge is 0.324 e. The number of hydrogen-bond acceptors (Lipinski definition) is 10. The SMILES string of the molecule is CN(c1ccccc1)c1nc(N)nc(-c2noc(N3CCC(Oc4ccccc4)CC3)n2)n1. The van der Waals surface area contributed by atoms with Crippen molar-refractivity contribution in [1.29, 1.82) is 0 Å². The lowest BCUT2D eigenvalue weighted by atomic mass is 10.1. The molecule has 0 spiro atoms. The molecule has 1 fully saturated rings. The van der Waals surface area contributed by atoms with Gasteiger partial charge in [0, 0.05) is 38.7 Å². The molecule has 10 heteroatoms. The molecule has 0 saturated carbocycles. The van der Waals surface area contributed by atoms with E-state index in [1.54, 1.807) is 0 Å². The molecule has 4 aromatic rings. The van der Waals surface area contributed by atoms with Crippen LogP contribution in [0.3, 0.4) is 0 Å². The Morgan fingerprint density at radius 3 is 2.33 bits per heavy atom. The summed E-state index contributed by atoms with van der Waals surface area (Å²) in [6, 6.07) is 20.0. The van der Waals surface area contributed by atoms with Crippen molar-refractivity contribution < 1.29 is 9.26 Å². The van der Waals surface area contributed by atoms with E-state index in [1.165, 1.54) is 0 Å². The largest absolute Gasteiger partial charge is 0.490 e. The van der Waals surface area contributed by atoms with E-state index in [4.69, 9.17) is 15.0 Å². The monoisotopic (exact) mass is 444 g/mol. The number of hydrogen-bond donors (Lipinski definition) is 1. The molecule has 0 amide bonds. The summed E-state index contributed by atoms with van der Waals surface area (Å²) >= 11 is 0. The molecule has 0 radical (unpaired) electrons. The number of para-hydroxylation sites is 2. The number of benzene rings is 2. The predicted molar refractivity (Wildman–Crippen MR) is 124 cm³/mol. The molecule has 3 heterocycles. The highest BCUT2D eigenvalue weighted by molar-refractivity contribution is 5.59. The lowest BCUT2D eigenvalue weighted by Gasteiger charge is -2.30. The zero-order chi connectivity index (χ0) is 22.6. The number of piperidine rings is 1. The van der Waals surface area contributed by atoms with Gasteiger partial charge in [-0.25, -0.2) is 0 Å². The Morgan fingerprint density at radius 2 is 1.61 bits per heavy atom. The van der Waals surface area contributed by atoms with Crippen LogP contribution in [-0.4, -0.2) is 51.3 Å². The maximum Gasteiger partial charge on any atom is 0.324 e. The highest BCUT2D eigenvalue weighted by atomic mass is 16.5. The number of nitrogens with two attached hydrogens (primary N) is 1. The molecule has 10 nitrogen and oxygen atoms in total. The Balaban J connectivity index is 1.28. The Morgan fingerprint density at radius 1 is 0.909 bits per heavy atom. The van der Waals surface area contributed by atoms with Gasteiger partial charge in [0.25, 0.3) is 0 Å². The third-order valence-electron chi connectivity index (χ3n) is 5.46. The van der Waals surface area contributed by atoms with E-state index < -0.39 is 0 Å². The Labute approximate surface area is 191 Å². The first kappa shape index (κ1) is 20.7. The number of nitrogen functional groups attached to an aromatic ring is 1. The standard InChI is InChI=1S/C23H24N8O2/c1-30(16-8-4-2-5-9-16)22-26-19(25-21(24)28-22)20-27-23(33-29-20)31-14-12-18(13-15-31)32-17-10-6-3-7-11-17/h2-11,18H,12-15H2,1H3,(H2,24,25,26,28). The zero-order valence-electron chi connectivity index (χ0n) is 18.2. The molecule has 0 atom stereocenters. The fourth-order valence-electron chi connectivity index (χ4n) is 3.69. The van der Waals surface area contributed by atoms with E-state index in [-0.39, 0.29) is 23.7 Å². The van der Waals surface area contributed by atoms with Gasteiger partial charge in [-0.2, -0.15) is 19.9 Å². The van der Waals surface area contributed by atoms with Crippen LogP contribution < -0.4 is 20.3 Å². The maximum absolute atomic E-state index is 6.06. The molecule has 1 aliphatic heterocycles. The average Bonchev–Trinajstić information content (AvgIpc) is 3.35. The van der Waals surface area contributed by atoms with Gasteiger partial charge in [-0.3, -0.25) is 0 Å². The van der Waals surface area contributed by atoms with Crippen molar-refractivity contribution in [2.45, 2.75) is 18.9 Å². The second kappa shape index (κ2) is 9.11. The molecule has 33 heavy (non-hydrogen) atoms. The van der Waals surface area contributed by atoms with Gasteiger partial charge in [0.15, 0.2) is 0 Å². The molecular weight excluding hydrogens is 420 g/mol. The minimum absolute atomic E-state index is 0.0861.